The third-order valence-electron chi connectivity index (χ3n) is 5.25. The van der Waals surface area contributed by atoms with E-state index in [0.29, 0.717) is 17.9 Å². The Morgan fingerprint density at radius 3 is 3.14 bits per heavy atom. The number of aryl methyl sites for hydroxylation is 1. The molecule has 4 aromatic rings. The van der Waals surface area contributed by atoms with Gasteiger partial charge in [0.25, 0.3) is 5.91 Å². The molecule has 0 radical (unpaired) electrons. The summed E-state index contributed by atoms with van der Waals surface area (Å²) in [7, 11) is 0. The predicted octanol–water partition coefficient (Wildman–Crippen LogP) is 4.31. The van der Waals surface area contributed by atoms with Crippen LogP contribution in [0.25, 0.3) is 5.65 Å². The van der Waals surface area contributed by atoms with Crippen molar-refractivity contribution < 1.29 is 13.9 Å². The summed E-state index contributed by atoms with van der Waals surface area (Å²) in [4.78, 5) is 17.3. The van der Waals surface area contributed by atoms with E-state index in [1.165, 1.54) is 0 Å². The molecule has 1 aliphatic rings. The number of hydrogen-bond acceptors (Lipinski definition) is 4. The zero-order valence-corrected chi connectivity index (χ0v) is 15.9. The first-order valence-electron chi connectivity index (χ1n) is 9.79. The van der Waals surface area contributed by atoms with E-state index in [4.69, 9.17) is 9.15 Å². The first-order valence-corrected chi connectivity index (χ1v) is 9.79. The molecule has 0 aliphatic heterocycles. The molecule has 1 unspecified atom stereocenters. The van der Waals surface area contributed by atoms with Gasteiger partial charge in [-0.05, 0) is 49.2 Å². The highest BCUT2D eigenvalue weighted by Crippen LogP contribution is 2.30. The van der Waals surface area contributed by atoms with Crippen LogP contribution in [0.5, 0.6) is 5.75 Å². The van der Waals surface area contributed by atoms with Crippen LogP contribution < -0.4 is 10.1 Å². The minimum atomic E-state index is -0.109. The van der Waals surface area contributed by atoms with Crippen LogP contribution in [0.3, 0.4) is 0 Å². The van der Waals surface area contributed by atoms with Crippen molar-refractivity contribution in [3.05, 3.63) is 89.8 Å². The lowest BCUT2D eigenvalue weighted by Gasteiger charge is -2.22. The number of amides is 1. The van der Waals surface area contributed by atoms with E-state index in [-0.39, 0.29) is 11.9 Å². The second-order valence-corrected chi connectivity index (χ2v) is 7.23. The molecule has 1 atom stereocenters. The van der Waals surface area contributed by atoms with Gasteiger partial charge in [-0.15, -0.1) is 0 Å². The van der Waals surface area contributed by atoms with Gasteiger partial charge in [-0.1, -0.05) is 12.1 Å². The highest BCUT2D eigenvalue weighted by Gasteiger charge is 2.24. The summed E-state index contributed by atoms with van der Waals surface area (Å²) in [5.74, 6) is 1.51. The first-order chi connectivity index (χ1) is 14.3. The Hall–Kier alpha value is -3.54. The van der Waals surface area contributed by atoms with Crippen molar-refractivity contribution >= 4 is 11.6 Å². The molecule has 6 heteroatoms. The Labute approximate surface area is 168 Å². The quantitative estimate of drug-likeness (QED) is 0.554. The molecule has 0 fully saturated rings. The van der Waals surface area contributed by atoms with Gasteiger partial charge < -0.3 is 18.9 Å². The fourth-order valence-corrected chi connectivity index (χ4v) is 3.82. The Balaban J connectivity index is 1.26. The molecule has 0 spiro atoms. The molecule has 29 heavy (non-hydrogen) atoms. The number of aromatic nitrogens is 2. The molecular formula is C23H21N3O3. The number of carbonyl (C=O) groups is 1. The fraction of sp³-hybridized carbons (Fsp3) is 0.217. The standard InChI is InChI=1S/C23H21N3O3/c27-23(25-20-7-4-8-21-19(20)10-12-28-21)16-5-3-6-18(13-16)29-15-17-14-26-11-2-1-9-22(26)24-17/h1-3,5-6,9-14,20H,4,7-8,15H2,(H,25,27). The van der Waals surface area contributed by atoms with E-state index in [1.54, 1.807) is 18.4 Å². The molecule has 146 valence electrons. The van der Waals surface area contributed by atoms with Gasteiger partial charge in [0, 0.05) is 29.9 Å². The van der Waals surface area contributed by atoms with Gasteiger partial charge >= 0.3 is 0 Å². The number of hydrogen-bond donors (Lipinski definition) is 1. The maximum atomic E-state index is 12.8. The maximum Gasteiger partial charge on any atom is 0.251 e. The largest absolute Gasteiger partial charge is 0.487 e. The van der Waals surface area contributed by atoms with Gasteiger partial charge in [0.15, 0.2) is 0 Å². The first kappa shape index (κ1) is 17.6. The summed E-state index contributed by atoms with van der Waals surface area (Å²) >= 11 is 0. The van der Waals surface area contributed by atoms with Crippen molar-refractivity contribution in [2.45, 2.75) is 31.9 Å². The van der Waals surface area contributed by atoms with Gasteiger partial charge in [-0.3, -0.25) is 4.79 Å². The average Bonchev–Trinajstić information content (AvgIpc) is 3.39. The number of fused-ring (bicyclic) bond motifs is 2. The second kappa shape index (κ2) is 7.47. The minimum absolute atomic E-state index is 0.00690. The van der Waals surface area contributed by atoms with Crippen LogP contribution in [0.1, 0.15) is 46.3 Å². The maximum absolute atomic E-state index is 12.8. The van der Waals surface area contributed by atoms with Gasteiger partial charge in [-0.25, -0.2) is 4.98 Å². The van der Waals surface area contributed by atoms with Crippen LogP contribution in [-0.2, 0) is 13.0 Å². The number of pyridine rings is 1. The van der Waals surface area contributed by atoms with E-state index < -0.39 is 0 Å². The van der Waals surface area contributed by atoms with E-state index in [9.17, 15) is 4.79 Å². The number of nitrogens with one attached hydrogen (secondary N) is 1. The van der Waals surface area contributed by atoms with Crippen LogP contribution in [0.15, 0.2) is 71.6 Å². The Morgan fingerprint density at radius 2 is 2.21 bits per heavy atom. The molecular weight excluding hydrogens is 366 g/mol. The molecule has 3 aromatic heterocycles. The summed E-state index contributed by atoms with van der Waals surface area (Å²) in [5.41, 5.74) is 3.38. The number of imidazole rings is 1. The van der Waals surface area contributed by atoms with Crippen molar-refractivity contribution in [3.8, 4) is 5.75 Å². The van der Waals surface area contributed by atoms with Gasteiger partial charge in [0.2, 0.25) is 0 Å². The van der Waals surface area contributed by atoms with E-state index >= 15 is 0 Å². The highest BCUT2D eigenvalue weighted by atomic mass is 16.5. The van der Waals surface area contributed by atoms with Gasteiger partial charge in [0.1, 0.15) is 23.8 Å². The normalized spacial score (nSPS) is 15.8. The highest BCUT2D eigenvalue weighted by molar-refractivity contribution is 5.94. The molecule has 5 rings (SSSR count). The number of rotatable bonds is 5. The summed E-state index contributed by atoms with van der Waals surface area (Å²) in [6.07, 6.45) is 8.45. The van der Waals surface area contributed by atoms with Crippen molar-refractivity contribution in [1.82, 2.24) is 14.7 Å². The van der Waals surface area contributed by atoms with Crippen molar-refractivity contribution in [3.63, 3.8) is 0 Å². The monoisotopic (exact) mass is 387 g/mol. The molecule has 1 N–H and O–H groups in total. The lowest BCUT2D eigenvalue weighted by Crippen LogP contribution is -2.30. The minimum Gasteiger partial charge on any atom is -0.487 e. The zero-order valence-electron chi connectivity index (χ0n) is 15.9. The smallest absolute Gasteiger partial charge is 0.251 e. The summed E-state index contributed by atoms with van der Waals surface area (Å²) in [5, 5.41) is 3.13. The Morgan fingerprint density at radius 1 is 1.24 bits per heavy atom. The van der Waals surface area contributed by atoms with Crippen molar-refractivity contribution in [1.29, 1.82) is 0 Å². The van der Waals surface area contributed by atoms with Crippen LogP contribution in [0.2, 0.25) is 0 Å². The lowest BCUT2D eigenvalue weighted by molar-refractivity contribution is 0.0931. The Bertz CT molecular complexity index is 1130. The molecule has 0 saturated carbocycles. The number of ether oxygens (including phenoxy) is 1. The lowest BCUT2D eigenvalue weighted by atomic mass is 9.93. The van der Waals surface area contributed by atoms with E-state index in [2.05, 4.69) is 10.3 Å². The van der Waals surface area contributed by atoms with Gasteiger partial charge in [0.05, 0.1) is 18.0 Å². The fourth-order valence-electron chi connectivity index (χ4n) is 3.82. The van der Waals surface area contributed by atoms with Crippen molar-refractivity contribution in [2.75, 3.05) is 0 Å². The number of carbonyl (C=O) groups excluding carboxylic acids is 1. The summed E-state index contributed by atoms with van der Waals surface area (Å²) in [6.45, 7) is 0.341. The summed E-state index contributed by atoms with van der Waals surface area (Å²) < 4.78 is 13.3. The van der Waals surface area contributed by atoms with E-state index in [0.717, 1.165) is 41.9 Å². The molecule has 0 saturated heterocycles. The third kappa shape index (κ3) is 3.61. The van der Waals surface area contributed by atoms with Crippen LogP contribution >= 0.6 is 0 Å². The Kier molecular flexibility index (Phi) is 4.52. The van der Waals surface area contributed by atoms with Crippen LogP contribution in [0.4, 0.5) is 0 Å². The third-order valence-corrected chi connectivity index (χ3v) is 5.25. The topological polar surface area (TPSA) is 68.8 Å². The van der Waals surface area contributed by atoms with Crippen LogP contribution in [0, 0.1) is 0 Å². The van der Waals surface area contributed by atoms with Gasteiger partial charge in [-0.2, -0.15) is 0 Å². The van der Waals surface area contributed by atoms with Crippen LogP contribution in [-0.4, -0.2) is 15.3 Å². The van der Waals surface area contributed by atoms with E-state index in [1.807, 2.05) is 53.2 Å². The molecule has 1 aliphatic carbocycles. The number of benzene rings is 1. The number of nitrogens with zero attached hydrogens (tertiary/aromatic N) is 2. The number of furan rings is 1. The molecule has 6 nitrogen and oxygen atoms in total. The molecule has 3 heterocycles. The predicted molar refractivity (Wildman–Crippen MR) is 108 cm³/mol. The molecule has 0 bridgehead atoms. The zero-order chi connectivity index (χ0) is 19.6. The summed E-state index contributed by atoms with van der Waals surface area (Å²) in [6, 6.07) is 15.1. The average molecular weight is 387 g/mol. The second-order valence-electron chi connectivity index (χ2n) is 7.23. The van der Waals surface area contributed by atoms with Crippen molar-refractivity contribution in [2.24, 2.45) is 0 Å². The SMILES string of the molecule is O=C(NC1CCCc2occc21)c1cccc(OCc2cn3ccccc3n2)c1. The molecule has 1 amide bonds. The molecule has 1 aromatic carbocycles.